The third kappa shape index (κ3) is 3.96. The van der Waals surface area contributed by atoms with Crippen LogP contribution in [0.25, 0.3) is 0 Å². The van der Waals surface area contributed by atoms with Gasteiger partial charge in [-0.1, -0.05) is 6.08 Å². The summed E-state index contributed by atoms with van der Waals surface area (Å²) < 4.78 is 5.37. The van der Waals surface area contributed by atoms with Crippen molar-refractivity contribution in [2.45, 2.75) is 25.4 Å². The Labute approximate surface area is 83.7 Å². The molecule has 0 bridgehead atoms. The van der Waals surface area contributed by atoms with Crippen LogP contribution in [0, 0.1) is 0 Å². The second kappa shape index (κ2) is 6.22. The number of unbranched alkanes of at least 4 members (excludes halogenated alkanes) is 1. The Hall–Kier alpha value is -0.280. The Kier molecular flexibility index (Phi) is 5.16. The number of hydrogen-bond acceptors (Lipinski definition) is 3. The van der Waals surface area contributed by atoms with Gasteiger partial charge in [0.15, 0.2) is 5.78 Å². The Morgan fingerprint density at radius 1 is 1.69 bits per heavy atom. The number of hydrogen-bond donors (Lipinski definition) is 0. The second-order valence-corrected chi connectivity index (χ2v) is 4.23. The highest BCUT2D eigenvalue weighted by atomic mass is 32.2. The lowest BCUT2D eigenvalue weighted by atomic mass is 10.1. The molecule has 0 aromatic heterocycles. The van der Waals surface area contributed by atoms with Gasteiger partial charge in [0.1, 0.15) is 6.10 Å². The first-order valence-corrected chi connectivity index (χ1v) is 5.83. The van der Waals surface area contributed by atoms with Crippen molar-refractivity contribution in [2.24, 2.45) is 0 Å². The van der Waals surface area contributed by atoms with Gasteiger partial charge in [0.2, 0.25) is 0 Å². The Morgan fingerprint density at radius 2 is 2.54 bits per heavy atom. The Morgan fingerprint density at radius 3 is 3.15 bits per heavy atom. The molecule has 1 saturated heterocycles. The summed E-state index contributed by atoms with van der Waals surface area (Å²) in [5, 5.41) is 0. The van der Waals surface area contributed by atoms with Crippen LogP contribution in [0.5, 0.6) is 0 Å². The van der Waals surface area contributed by atoms with Crippen LogP contribution in [-0.4, -0.2) is 30.0 Å². The Bertz CT molecular complexity index is 174. The van der Waals surface area contributed by atoms with Crippen LogP contribution in [0.3, 0.4) is 0 Å². The summed E-state index contributed by atoms with van der Waals surface area (Å²) >= 11 is 1.80. The smallest absolute Gasteiger partial charge is 0.162 e. The average Bonchev–Trinajstić information content (AvgIpc) is 2.19. The average molecular weight is 200 g/mol. The number of ether oxygens (including phenoxy) is 1. The normalized spacial score (nSPS) is 22.6. The molecule has 0 N–H and O–H groups in total. The first-order chi connectivity index (χ1) is 6.34. The number of carbonyl (C=O) groups excluding carboxylic acids is 1. The molecule has 1 atom stereocenters. The van der Waals surface area contributed by atoms with Gasteiger partial charge in [0.25, 0.3) is 0 Å². The molecule has 1 rings (SSSR count). The molecule has 1 fully saturated rings. The fourth-order valence-electron chi connectivity index (χ4n) is 1.26. The van der Waals surface area contributed by atoms with Crippen molar-refractivity contribution in [3.63, 3.8) is 0 Å². The van der Waals surface area contributed by atoms with Crippen molar-refractivity contribution in [3.05, 3.63) is 12.7 Å². The zero-order valence-corrected chi connectivity index (χ0v) is 8.65. The summed E-state index contributed by atoms with van der Waals surface area (Å²) in [6.45, 7) is 4.35. The van der Waals surface area contributed by atoms with Crippen LogP contribution in [0.2, 0.25) is 0 Å². The largest absolute Gasteiger partial charge is 0.369 e. The molecule has 0 aliphatic carbocycles. The van der Waals surface area contributed by atoms with E-state index >= 15 is 0 Å². The zero-order valence-electron chi connectivity index (χ0n) is 7.83. The minimum Gasteiger partial charge on any atom is -0.369 e. The number of Topliss-reactive ketones (excluding diaryl/α,β-unsaturated/α-hetero) is 1. The molecule has 2 nitrogen and oxygen atoms in total. The molecule has 1 aliphatic rings. The summed E-state index contributed by atoms with van der Waals surface area (Å²) in [4.78, 5) is 11.5. The van der Waals surface area contributed by atoms with Crippen LogP contribution in [0.4, 0.5) is 0 Å². The first kappa shape index (κ1) is 10.8. The number of rotatable bonds is 5. The molecule has 0 aromatic carbocycles. The third-order valence-corrected chi connectivity index (χ3v) is 3.00. The van der Waals surface area contributed by atoms with E-state index in [0.29, 0.717) is 6.42 Å². The molecular formula is C10H16O2S. The summed E-state index contributed by atoms with van der Waals surface area (Å²) in [5.74, 6) is 2.12. The van der Waals surface area contributed by atoms with Gasteiger partial charge in [0, 0.05) is 17.9 Å². The molecule has 1 unspecified atom stereocenters. The molecule has 74 valence electrons. The molecule has 0 aromatic rings. The van der Waals surface area contributed by atoms with E-state index in [1.165, 1.54) is 0 Å². The van der Waals surface area contributed by atoms with E-state index in [1.807, 2.05) is 6.08 Å². The van der Waals surface area contributed by atoms with Gasteiger partial charge in [-0.25, -0.2) is 0 Å². The van der Waals surface area contributed by atoms with Crippen LogP contribution >= 0.6 is 11.8 Å². The van der Waals surface area contributed by atoms with Crippen molar-refractivity contribution in [1.82, 2.24) is 0 Å². The maximum absolute atomic E-state index is 11.5. The molecule has 0 spiro atoms. The maximum Gasteiger partial charge on any atom is 0.162 e. The number of carbonyl (C=O) groups is 1. The zero-order chi connectivity index (χ0) is 9.52. The minimum atomic E-state index is -0.136. The molecule has 1 heterocycles. The summed E-state index contributed by atoms with van der Waals surface area (Å²) in [6.07, 6.45) is 4.18. The SMILES string of the molecule is C=CCCCC(=O)C1CSCCO1. The number of ketones is 1. The lowest BCUT2D eigenvalue weighted by Gasteiger charge is -2.20. The predicted molar refractivity (Wildman–Crippen MR) is 56.1 cm³/mol. The summed E-state index contributed by atoms with van der Waals surface area (Å²) in [6, 6.07) is 0. The number of thioether (sulfide) groups is 1. The fourth-order valence-corrected chi connectivity index (χ4v) is 2.13. The molecular weight excluding hydrogens is 184 g/mol. The summed E-state index contributed by atoms with van der Waals surface area (Å²) in [5.41, 5.74) is 0. The third-order valence-electron chi connectivity index (χ3n) is 2.01. The Balaban J connectivity index is 2.17. The predicted octanol–water partition coefficient (Wildman–Crippen LogP) is 2.04. The van der Waals surface area contributed by atoms with E-state index < -0.39 is 0 Å². The van der Waals surface area contributed by atoms with Gasteiger partial charge >= 0.3 is 0 Å². The minimum absolute atomic E-state index is 0.136. The summed E-state index contributed by atoms with van der Waals surface area (Å²) in [7, 11) is 0. The van der Waals surface area contributed by atoms with E-state index in [-0.39, 0.29) is 11.9 Å². The van der Waals surface area contributed by atoms with Crippen LogP contribution < -0.4 is 0 Å². The van der Waals surface area contributed by atoms with Gasteiger partial charge in [0.05, 0.1) is 6.61 Å². The molecule has 0 saturated carbocycles. The van der Waals surface area contributed by atoms with Crippen LogP contribution in [0.1, 0.15) is 19.3 Å². The van der Waals surface area contributed by atoms with Crippen molar-refractivity contribution < 1.29 is 9.53 Å². The highest BCUT2D eigenvalue weighted by molar-refractivity contribution is 7.99. The monoisotopic (exact) mass is 200 g/mol. The van der Waals surface area contributed by atoms with E-state index in [2.05, 4.69) is 6.58 Å². The van der Waals surface area contributed by atoms with E-state index in [4.69, 9.17) is 4.74 Å². The number of allylic oxidation sites excluding steroid dienone is 1. The highest BCUT2D eigenvalue weighted by Gasteiger charge is 2.21. The first-order valence-electron chi connectivity index (χ1n) is 4.67. The van der Waals surface area contributed by atoms with Gasteiger partial charge < -0.3 is 4.74 Å². The highest BCUT2D eigenvalue weighted by Crippen LogP contribution is 2.15. The molecule has 13 heavy (non-hydrogen) atoms. The topological polar surface area (TPSA) is 26.3 Å². The van der Waals surface area contributed by atoms with Gasteiger partial charge in [-0.3, -0.25) is 4.79 Å². The molecule has 0 amide bonds. The van der Waals surface area contributed by atoms with Crippen molar-refractivity contribution in [3.8, 4) is 0 Å². The van der Waals surface area contributed by atoms with Crippen LogP contribution in [-0.2, 0) is 9.53 Å². The van der Waals surface area contributed by atoms with Gasteiger partial charge in [-0.05, 0) is 12.8 Å². The second-order valence-electron chi connectivity index (χ2n) is 3.08. The standard InChI is InChI=1S/C10H16O2S/c1-2-3-4-5-9(11)10-8-13-7-6-12-10/h2,10H,1,3-8H2. The van der Waals surface area contributed by atoms with Crippen molar-refractivity contribution >= 4 is 17.5 Å². The molecule has 3 heteroatoms. The lowest BCUT2D eigenvalue weighted by Crippen LogP contribution is -2.31. The van der Waals surface area contributed by atoms with Crippen molar-refractivity contribution in [1.29, 1.82) is 0 Å². The lowest BCUT2D eigenvalue weighted by molar-refractivity contribution is -0.129. The van der Waals surface area contributed by atoms with Crippen LogP contribution in [0.15, 0.2) is 12.7 Å². The van der Waals surface area contributed by atoms with Gasteiger partial charge in [-0.2, -0.15) is 11.8 Å². The van der Waals surface area contributed by atoms with E-state index in [0.717, 1.165) is 31.0 Å². The molecule has 1 aliphatic heterocycles. The molecule has 0 radical (unpaired) electrons. The fraction of sp³-hybridized carbons (Fsp3) is 0.700. The van der Waals surface area contributed by atoms with E-state index in [9.17, 15) is 4.79 Å². The maximum atomic E-state index is 11.5. The quantitative estimate of drug-likeness (QED) is 0.502. The van der Waals surface area contributed by atoms with Crippen molar-refractivity contribution in [2.75, 3.05) is 18.1 Å². The van der Waals surface area contributed by atoms with E-state index in [1.54, 1.807) is 11.8 Å². The van der Waals surface area contributed by atoms with Gasteiger partial charge in [-0.15, -0.1) is 6.58 Å².